The predicted octanol–water partition coefficient (Wildman–Crippen LogP) is 5.83. The zero-order valence-corrected chi connectivity index (χ0v) is 24.7. The van der Waals surface area contributed by atoms with E-state index < -0.39 is 29.9 Å². The number of carbonyl (C=O) groups excluding carboxylic acids is 3. The number of esters is 1. The smallest absolute Gasteiger partial charge is 0.328 e. The molecule has 0 spiro atoms. The number of halogens is 3. The summed E-state index contributed by atoms with van der Waals surface area (Å²) in [5.41, 5.74) is 3.32. The highest BCUT2D eigenvalue weighted by atomic mass is 35.5. The maximum Gasteiger partial charge on any atom is 0.328 e. The van der Waals surface area contributed by atoms with E-state index in [1.807, 2.05) is 42.5 Å². The second-order valence-corrected chi connectivity index (χ2v) is 10.6. The third kappa shape index (κ3) is 7.08. The van der Waals surface area contributed by atoms with Gasteiger partial charge in [0.2, 0.25) is 5.91 Å². The number of benzene rings is 3. The van der Waals surface area contributed by atoms with E-state index in [1.54, 1.807) is 41.9 Å². The number of ether oxygens (including phenoxy) is 1. The monoisotopic (exact) mass is 612 g/mol. The van der Waals surface area contributed by atoms with Crippen molar-refractivity contribution in [1.82, 2.24) is 20.4 Å². The molecule has 0 aliphatic rings. The largest absolute Gasteiger partial charge is 0.467 e. The van der Waals surface area contributed by atoms with Crippen LogP contribution in [0.15, 0.2) is 72.8 Å². The first-order chi connectivity index (χ1) is 19.6. The van der Waals surface area contributed by atoms with E-state index in [0.717, 1.165) is 11.1 Å². The Morgan fingerprint density at radius 3 is 2.22 bits per heavy atom. The fourth-order valence-corrected chi connectivity index (χ4v) is 4.94. The first-order valence-corrected chi connectivity index (χ1v) is 13.8. The molecule has 2 unspecified atom stereocenters. The molecule has 2 atom stereocenters. The molecule has 0 fully saturated rings. The van der Waals surface area contributed by atoms with Crippen LogP contribution in [0.4, 0.5) is 0 Å². The van der Waals surface area contributed by atoms with Crippen LogP contribution in [0.5, 0.6) is 0 Å². The zero-order valence-electron chi connectivity index (χ0n) is 22.5. The maximum atomic E-state index is 13.7. The molecule has 41 heavy (non-hydrogen) atoms. The van der Waals surface area contributed by atoms with Crippen LogP contribution in [-0.4, -0.2) is 46.8 Å². The topological polar surface area (TPSA) is 102 Å². The first kappa shape index (κ1) is 30.1. The SMILES string of the molecule is COC(=O)C(C)NC(=O)C(Cc1ccccc1)NC(=O)c1nn(-c2ccc(Cl)cc2Cl)c(-c2ccc(Cl)cc2)c1C. The van der Waals surface area contributed by atoms with Crippen LogP contribution in [0.25, 0.3) is 16.9 Å². The lowest BCUT2D eigenvalue weighted by Crippen LogP contribution is -2.52. The summed E-state index contributed by atoms with van der Waals surface area (Å²) in [5, 5.41) is 11.4. The van der Waals surface area contributed by atoms with Gasteiger partial charge in [0.1, 0.15) is 12.1 Å². The Morgan fingerprint density at radius 1 is 0.927 bits per heavy atom. The molecule has 11 heteroatoms. The molecular weight excluding hydrogens is 587 g/mol. The molecule has 0 saturated carbocycles. The van der Waals surface area contributed by atoms with Crippen molar-refractivity contribution in [3.63, 3.8) is 0 Å². The molecule has 0 saturated heterocycles. The average molecular weight is 614 g/mol. The second kappa shape index (κ2) is 13.2. The lowest BCUT2D eigenvalue weighted by atomic mass is 10.0. The lowest BCUT2D eigenvalue weighted by Gasteiger charge is -2.20. The summed E-state index contributed by atoms with van der Waals surface area (Å²) in [5.74, 6) is -1.73. The van der Waals surface area contributed by atoms with Crippen molar-refractivity contribution >= 4 is 52.6 Å². The fourth-order valence-electron chi connectivity index (χ4n) is 4.32. The molecule has 0 radical (unpaired) electrons. The fraction of sp³-hybridized carbons (Fsp3) is 0.200. The van der Waals surface area contributed by atoms with Crippen LogP contribution in [0.2, 0.25) is 15.1 Å². The van der Waals surface area contributed by atoms with Gasteiger partial charge >= 0.3 is 5.97 Å². The summed E-state index contributed by atoms with van der Waals surface area (Å²) in [4.78, 5) is 38.9. The molecule has 3 aromatic carbocycles. The van der Waals surface area contributed by atoms with Gasteiger partial charge in [-0.1, -0.05) is 77.3 Å². The Labute approximate surface area is 252 Å². The molecule has 0 aliphatic carbocycles. The molecule has 4 aromatic rings. The molecule has 0 aliphatic heterocycles. The van der Waals surface area contributed by atoms with Gasteiger partial charge < -0.3 is 15.4 Å². The zero-order chi connectivity index (χ0) is 29.7. The normalized spacial score (nSPS) is 12.3. The molecule has 2 amide bonds. The number of amides is 2. The van der Waals surface area contributed by atoms with Gasteiger partial charge in [-0.2, -0.15) is 5.10 Å². The predicted molar refractivity (Wildman–Crippen MR) is 160 cm³/mol. The van der Waals surface area contributed by atoms with Gasteiger partial charge in [0.15, 0.2) is 5.69 Å². The van der Waals surface area contributed by atoms with Gasteiger partial charge in [-0.25, -0.2) is 9.48 Å². The quantitative estimate of drug-likeness (QED) is 0.232. The summed E-state index contributed by atoms with van der Waals surface area (Å²) in [7, 11) is 1.23. The summed E-state index contributed by atoms with van der Waals surface area (Å²) < 4.78 is 6.29. The van der Waals surface area contributed by atoms with Crippen LogP contribution < -0.4 is 10.6 Å². The number of hydrogen-bond acceptors (Lipinski definition) is 5. The first-order valence-electron chi connectivity index (χ1n) is 12.6. The molecule has 212 valence electrons. The molecule has 0 bridgehead atoms. The highest BCUT2D eigenvalue weighted by Crippen LogP contribution is 2.33. The van der Waals surface area contributed by atoms with Crippen molar-refractivity contribution in [2.45, 2.75) is 32.4 Å². The lowest BCUT2D eigenvalue weighted by molar-refractivity contribution is -0.144. The van der Waals surface area contributed by atoms with Crippen LogP contribution in [0.3, 0.4) is 0 Å². The summed E-state index contributed by atoms with van der Waals surface area (Å²) in [6, 6.07) is 19.4. The number of rotatable bonds is 9. The van der Waals surface area contributed by atoms with Crippen LogP contribution in [0.1, 0.15) is 28.5 Å². The Morgan fingerprint density at radius 2 is 1.59 bits per heavy atom. The van der Waals surface area contributed by atoms with Gasteiger partial charge in [0.25, 0.3) is 5.91 Å². The van der Waals surface area contributed by atoms with E-state index in [1.165, 1.54) is 14.0 Å². The van der Waals surface area contributed by atoms with Crippen molar-refractivity contribution < 1.29 is 19.1 Å². The second-order valence-electron chi connectivity index (χ2n) is 9.31. The number of hydrogen-bond donors (Lipinski definition) is 2. The van der Waals surface area contributed by atoms with Crippen LogP contribution in [0, 0.1) is 6.92 Å². The van der Waals surface area contributed by atoms with Gasteiger partial charge in [-0.15, -0.1) is 0 Å². The minimum atomic E-state index is -1.01. The number of methoxy groups -OCH3 is 1. The average Bonchev–Trinajstić information content (AvgIpc) is 3.29. The summed E-state index contributed by atoms with van der Waals surface area (Å²) in [6.07, 6.45) is 0.180. The van der Waals surface area contributed by atoms with E-state index in [4.69, 9.17) is 39.5 Å². The van der Waals surface area contributed by atoms with Crippen molar-refractivity contribution in [1.29, 1.82) is 0 Å². The van der Waals surface area contributed by atoms with Crippen molar-refractivity contribution in [2.24, 2.45) is 0 Å². The third-order valence-electron chi connectivity index (χ3n) is 6.41. The summed E-state index contributed by atoms with van der Waals surface area (Å²) >= 11 is 18.8. The van der Waals surface area contributed by atoms with Gasteiger partial charge in [-0.05, 0) is 49.7 Å². The van der Waals surface area contributed by atoms with Crippen LogP contribution in [-0.2, 0) is 20.7 Å². The number of carbonyl (C=O) groups is 3. The number of nitrogens with zero attached hydrogens (tertiary/aromatic N) is 2. The van der Waals surface area contributed by atoms with E-state index in [-0.39, 0.29) is 12.1 Å². The van der Waals surface area contributed by atoms with E-state index in [9.17, 15) is 14.4 Å². The van der Waals surface area contributed by atoms with Crippen LogP contribution >= 0.6 is 34.8 Å². The van der Waals surface area contributed by atoms with Gasteiger partial charge in [0.05, 0.1) is 23.5 Å². The van der Waals surface area contributed by atoms with Crippen molar-refractivity contribution in [2.75, 3.05) is 7.11 Å². The third-order valence-corrected chi connectivity index (χ3v) is 7.20. The standard InChI is InChI=1S/C30H27Cl3N4O4/c1-17-26(29(39)35-24(15-19-7-5-4-6-8-19)28(38)34-18(2)30(40)41-3)36-37(25-14-13-22(32)16-23(25)33)27(17)20-9-11-21(31)12-10-20/h4-14,16,18,24H,15H2,1-3H3,(H,34,38)(H,35,39). The Balaban J connectivity index is 1.74. The minimum absolute atomic E-state index is 0.0906. The molecule has 1 heterocycles. The maximum absolute atomic E-state index is 13.7. The Bertz CT molecular complexity index is 1570. The van der Waals surface area contributed by atoms with Gasteiger partial charge in [-0.3, -0.25) is 9.59 Å². The Kier molecular flexibility index (Phi) is 9.70. The number of aromatic nitrogens is 2. The minimum Gasteiger partial charge on any atom is -0.467 e. The molecule has 8 nitrogen and oxygen atoms in total. The number of nitrogens with one attached hydrogen (secondary N) is 2. The van der Waals surface area contributed by atoms with E-state index in [2.05, 4.69) is 15.7 Å². The van der Waals surface area contributed by atoms with E-state index >= 15 is 0 Å². The van der Waals surface area contributed by atoms with Crippen molar-refractivity contribution in [3.8, 4) is 16.9 Å². The highest BCUT2D eigenvalue weighted by molar-refractivity contribution is 6.35. The highest BCUT2D eigenvalue weighted by Gasteiger charge is 2.29. The van der Waals surface area contributed by atoms with Gasteiger partial charge in [0, 0.05) is 27.6 Å². The summed E-state index contributed by atoms with van der Waals surface area (Å²) in [6.45, 7) is 3.27. The molecular formula is C30H27Cl3N4O4. The molecule has 4 rings (SSSR count). The Hall–Kier alpha value is -3.85. The molecule has 2 N–H and O–H groups in total. The molecule has 1 aromatic heterocycles. The van der Waals surface area contributed by atoms with Crippen molar-refractivity contribution in [3.05, 3.63) is 105 Å². The van der Waals surface area contributed by atoms with E-state index in [0.29, 0.717) is 32.0 Å².